The quantitative estimate of drug-likeness (QED) is 0.563. The van der Waals surface area contributed by atoms with Crippen LogP contribution in [0.3, 0.4) is 0 Å². The van der Waals surface area contributed by atoms with E-state index in [1.165, 1.54) is 33.3 Å². The second kappa shape index (κ2) is 9.13. The van der Waals surface area contributed by atoms with Gasteiger partial charge >= 0.3 is 5.97 Å². The number of hydrogen-bond donors (Lipinski definition) is 0. The molecule has 156 valence electrons. The lowest BCUT2D eigenvalue weighted by Crippen LogP contribution is -2.40. The first-order valence-corrected chi connectivity index (χ1v) is 10.4. The van der Waals surface area contributed by atoms with Crippen molar-refractivity contribution in [3.05, 3.63) is 17.7 Å². The minimum absolute atomic E-state index is 0.0609. The van der Waals surface area contributed by atoms with Crippen LogP contribution in [0.15, 0.2) is 12.1 Å². The van der Waals surface area contributed by atoms with Crippen molar-refractivity contribution in [3.8, 4) is 17.2 Å². The number of carbonyl (C=O) groups is 2. The molecule has 0 aromatic heterocycles. The number of rotatable bonds is 8. The highest BCUT2D eigenvalue weighted by Crippen LogP contribution is 2.38. The van der Waals surface area contributed by atoms with Crippen LogP contribution in [0.5, 0.6) is 17.2 Å². The highest BCUT2D eigenvalue weighted by Gasteiger charge is 2.32. The number of amides is 1. The maximum atomic E-state index is 12.2. The van der Waals surface area contributed by atoms with E-state index in [0.717, 1.165) is 0 Å². The first-order chi connectivity index (χ1) is 13.2. The lowest BCUT2D eigenvalue weighted by Gasteiger charge is -2.23. The summed E-state index contributed by atoms with van der Waals surface area (Å²) in [4.78, 5) is 25.6. The van der Waals surface area contributed by atoms with E-state index < -0.39 is 28.3 Å². The highest BCUT2D eigenvalue weighted by atomic mass is 32.2. The van der Waals surface area contributed by atoms with Gasteiger partial charge in [0, 0.05) is 13.1 Å². The number of hydrogen-bond acceptors (Lipinski definition) is 8. The molecule has 28 heavy (non-hydrogen) atoms. The molecule has 1 atom stereocenters. The van der Waals surface area contributed by atoms with Gasteiger partial charge in [0.15, 0.2) is 27.9 Å². The molecule has 1 aliphatic heterocycles. The van der Waals surface area contributed by atoms with Gasteiger partial charge in [-0.15, -0.1) is 0 Å². The average molecular weight is 415 g/mol. The molecular weight excluding hydrogens is 390 g/mol. The van der Waals surface area contributed by atoms with Gasteiger partial charge in [0.25, 0.3) is 5.91 Å². The van der Waals surface area contributed by atoms with E-state index in [4.69, 9.17) is 18.9 Å². The van der Waals surface area contributed by atoms with Crippen LogP contribution in [0.25, 0.3) is 0 Å². The molecule has 1 amide bonds. The lowest BCUT2D eigenvalue weighted by molar-refractivity contribution is -0.151. The van der Waals surface area contributed by atoms with Crippen LogP contribution in [0, 0.1) is 0 Å². The molecule has 1 unspecified atom stereocenters. The molecule has 10 heteroatoms. The molecule has 1 saturated heterocycles. The summed E-state index contributed by atoms with van der Waals surface area (Å²) < 4.78 is 43.8. The van der Waals surface area contributed by atoms with E-state index in [1.54, 1.807) is 12.1 Å². The number of methoxy groups -OCH3 is 3. The predicted octanol–water partition coefficient (Wildman–Crippen LogP) is 0.444. The van der Waals surface area contributed by atoms with Crippen molar-refractivity contribution >= 4 is 21.7 Å². The van der Waals surface area contributed by atoms with Crippen molar-refractivity contribution in [2.75, 3.05) is 46.5 Å². The van der Waals surface area contributed by atoms with Gasteiger partial charge in [0.1, 0.15) is 0 Å². The molecule has 1 heterocycles. The lowest BCUT2D eigenvalue weighted by atomic mass is 10.1. The van der Waals surface area contributed by atoms with E-state index in [-0.39, 0.29) is 24.0 Å². The Morgan fingerprint density at radius 3 is 2.18 bits per heavy atom. The number of nitrogens with zero attached hydrogens (tertiary/aromatic N) is 1. The molecule has 9 nitrogen and oxygen atoms in total. The summed E-state index contributed by atoms with van der Waals surface area (Å²) in [5.41, 5.74) is 0.571. The Kier molecular flexibility index (Phi) is 7.11. The third-order valence-corrected chi connectivity index (χ3v) is 6.33. The first kappa shape index (κ1) is 21.8. The fraction of sp³-hybridized carbons (Fsp3) is 0.556. The van der Waals surface area contributed by atoms with E-state index >= 15 is 0 Å². The third-order valence-electron chi connectivity index (χ3n) is 4.58. The molecule has 0 aliphatic carbocycles. The zero-order valence-electron chi connectivity index (χ0n) is 16.4. The summed E-state index contributed by atoms with van der Waals surface area (Å²) in [6.07, 6.45) is 0.301. The van der Waals surface area contributed by atoms with E-state index in [9.17, 15) is 18.0 Å². The van der Waals surface area contributed by atoms with Gasteiger partial charge in [-0.25, -0.2) is 8.42 Å². The number of ether oxygens (including phenoxy) is 4. The van der Waals surface area contributed by atoms with Gasteiger partial charge < -0.3 is 23.8 Å². The topological polar surface area (TPSA) is 108 Å². The smallest absolute Gasteiger partial charge is 0.310 e. The Labute approximate surface area is 164 Å². The van der Waals surface area contributed by atoms with Gasteiger partial charge in [-0.05, 0) is 24.1 Å². The van der Waals surface area contributed by atoms with Crippen molar-refractivity contribution in [2.24, 2.45) is 0 Å². The van der Waals surface area contributed by atoms with Crippen LogP contribution in [0.4, 0.5) is 0 Å². The largest absolute Gasteiger partial charge is 0.493 e. The standard InChI is InChI=1S/C18H25NO8S/c1-19(13-5-6-28(22,23)11-13)16(20)10-27-17(21)9-12-7-14(24-2)18(26-4)15(8-12)25-3/h7-8,13H,5-6,9-11H2,1-4H3. The fourth-order valence-electron chi connectivity index (χ4n) is 2.98. The third kappa shape index (κ3) is 5.28. The minimum atomic E-state index is -3.10. The molecule has 2 rings (SSSR count). The van der Waals surface area contributed by atoms with E-state index in [0.29, 0.717) is 29.2 Å². The van der Waals surface area contributed by atoms with Crippen LogP contribution < -0.4 is 14.2 Å². The Balaban J connectivity index is 1.94. The molecule has 1 aromatic carbocycles. The van der Waals surface area contributed by atoms with Crippen molar-refractivity contribution in [1.29, 1.82) is 0 Å². The molecule has 1 aromatic rings. The van der Waals surface area contributed by atoms with Crippen LogP contribution in [0.2, 0.25) is 0 Å². The molecule has 1 fully saturated rings. The minimum Gasteiger partial charge on any atom is -0.493 e. The number of carbonyl (C=O) groups excluding carboxylic acids is 2. The SMILES string of the molecule is COc1cc(CC(=O)OCC(=O)N(C)C2CCS(=O)(=O)C2)cc(OC)c1OC. The number of esters is 1. The first-order valence-electron chi connectivity index (χ1n) is 8.61. The Bertz CT molecular complexity index is 811. The van der Waals surface area contributed by atoms with Gasteiger partial charge in [-0.3, -0.25) is 9.59 Å². The van der Waals surface area contributed by atoms with Crippen LogP contribution >= 0.6 is 0 Å². The summed E-state index contributed by atoms with van der Waals surface area (Å²) >= 11 is 0. The monoisotopic (exact) mass is 415 g/mol. The Hall–Kier alpha value is -2.49. The second-order valence-corrected chi connectivity index (χ2v) is 8.66. The zero-order valence-corrected chi connectivity index (χ0v) is 17.2. The summed E-state index contributed by atoms with van der Waals surface area (Å²) in [6, 6.07) is 2.87. The van der Waals surface area contributed by atoms with Crippen molar-refractivity contribution in [1.82, 2.24) is 4.90 Å². The number of benzene rings is 1. The predicted molar refractivity (Wildman–Crippen MR) is 101 cm³/mol. The highest BCUT2D eigenvalue weighted by molar-refractivity contribution is 7.91. The maximum Gasteiger partial charge on any atom is 0.310 e. The molecule has 0 N–H and O–H groups in total. The Morgan fingerprint density at radius 2 is 1.71 bits per heavy atom. The van der Waals surface area contributed by atoms with Crippen LogP contribution in [0.1, 0.15) is 12.0 Å². The van der Waals surface area contributed by atoms with Crippen molar-refractivity contribution in [3.63, 3.8) is 0 Å². The zero-order chi connectivity index (χ0) is 20.9. The number of likely N-dealkylation sites (N-methyl/N-ethyl adjacent to an activating group) is 1. The normalized spacial score (nSPS) is 17.6. The van der Waals surface area contributed by atoms with Crippen LogP contribution in [-0.2, 0) is 30.6 Å². The van der Waals surface area contributed by atoms with E-state index in [2.05, 4.69) is 0 Å². The molecule has 0 saturated carbocycles. The van der Waals surface area contributed by atoms with Crippen molar-refractivity contribution in [2.45, 2.75) is 18.9 Å². The molecule has 0 radical (unpaired) electrons. The summed E-state index contributed by atoms with van der Waals surface area (Å²) in [5.74, 6) is 0.178. The van der Waals surface area contributed by atoms with Crippen LogP contribution in [-0.4, -0.2) is 77.7 Å². The number of sulfone groups is 1. The molecule has 0 spiro atoms. The summed E-state index contributed by atoms with van der Waals surface area (Å²) in [6.45, 7) is -0.448. The maximum absolute atomic E-state index is 12.2. The van der Waals surface area contributed by atoms with Gasteiger partial charge in [0.2, 0.25) is 5.75 Å². The van der Waals surface area contributed by atoms with Crippen molar-refractivity contribution < 1.29 is 37.0 Å². The molecule has 1 aliphatic rings. The summed E-state index contributed by atoms with van der Waals surface area (Å²) in [5, 5.41) is 0. The summed E-state index contributed by atoms with van der Waals surface area (Å²) in [7, 11) is 2.83. The van der Waals surface area contributed by atoms with Gasteiger partial charge in [0.05, 0.1) is 39.3 Å². The van der Waals surface area contributed by atoms with E-state index in [1.807, 2.05) is 0 Å². The molecule has 0 bridgehead atoms. The fourth-order valence-corrected chi connectivity index (χ4v) is 4.76. The Morgan fingerprint density at radius 1 is 1.11 bits per heavy atom. The second-order valence-electron chi connectivity index (χ2n) is 6.43. The van der Waals surface area contributed by atoms with Gasteiger partial charge in [-0.2, -0.15) is 0 Å². The molecular formula is C18H25NO8S. The average Bonchev–Trinajstić information content (AvgIpc) is 3.04. The van der Waals surface area contributed by atoms with Gasteiger partial charge in [-0.1, -0.05) is 0 Å².